The van der Waals surface area contributed by atoms with E-state index in [0.29, 0.717) is 5.56 Å². The van der Waals surface area contributed by atoms with E-state index in [-0.39, 0.29) is 22.7 Å². The molecule has 0 aliphatic heterocycles. The number of Topliss-reactive ketones (excluding diaryl/α,β-unsaturated/α-hetero) is 1. The monoisotopic (exact) mass is 377 g/mol. The molecule has 0 aliphatic carbocycles. The molecule has 140 valence electrons. The minimum absolute atomic E-state index is 0.110. The van der Waals surface area contributed by atoms with Crippen molar-refractivity contribution in [3.05, 3.63) is 101 Å². The number of carbonyl (C=O) groups is 3. The molecule has 3 rings (SSSR count). The Morgan fingerprint density at radius 1 is 0.821 bits per heavy atom. The first-order valence-electron chi connectivity index (χ1n) is 8.46. The maximum atomic E-state index is 13.2. The smallest absolute Gasteiger partial charge is 0.340 e. The number of ketones is 1. The summed E-state index contributed by atoms with van der Waals surface area (Å²) >= 11 is 0. The standard InChI is InChI=1S/C22H16FNO4/c23-17-10-6-9-16(13-17)20(25)14-28-22(27)18-11-4-5-12-19(18)24-21(26)15-7-2-1-3-8-15/h1-13H,14H2,(H,24,26). The van der Waals surface area contributed by atoms with Gasteiger partial charge in [-0.1, -0.05) is 42.5 Å². The van der Waals surface area contributed by atoms with Crippen LogP contribution in [0.2, 0.25) is 0 Å². The lowest BCUT2D eigenvalue weighted by Gasteiger charge is -2.11. The molecular weight excluding hydrogens is 361 g/mol. The molecular formula is C22H16FNO4. The number of esters is 1. The van der Waals surface area contributed by atoms with E-state index >= 15 is 0 Å². The third kappa shape index (κ3) is 4.67. The Labute approximate surface area is 160 Å². The minimum atomic E-state index is -0.770. The molecule has 3 aromatic carbocycles. The highest BCUT2D eigenvalue weighted by Crippen LogP contribution is 2.18. The predicted molar refractivity (Wildman–Crippen MR) is 102 cm³/mol. The summed E-state index contributed by atoms with van der Waals surface area (Å²) in [5.74, 6) is -2.23. The van der Waals surface area contributed by atoms with Gasteiger partial charge in [-0.05, 0) is 36.4 Å². The lowest BCUT2D eigenvalue weighted by atomic mass is 10.1. The lowest BCUT2D eigenvalue weighted by Crippen LogP contribution is -2.18. The van der Waals surface area contributed by atoms with Crippen LogP contribution in [0, 0.1) is 5.82 Å². The first kappa shape index (κ1) is 19.0. The fourth-order valence-corrected chi connectivity index (χ4v) is 2.51. The van der Waals surface area contributed by atoms with Crippen LogP contribution in [0.5, 0.6) is 0 Å². The summed E-state index contributed by atoms with van der Waals surface area (Å²) in [6, 6.07) is 20.0. The third-order valence-corrected chi connectivity index (χ3v) is 3.91. The molecule has 1 amide bonds. The Balaban J connectivity index is 1.69. The zero-order chi connectivity index (χ0) is 19.9. The van der Waals surface area contributed by atoms with Crippen molar-refractivity contribution in [1.82, 2.24) is 0 Å². The summed E-state index contributed by atoms with van der Waals surface area (Å²) in [6.07, 6.45) is 0. The van der Waals surface area contributed by atoms with Crippen LogP contribution in [-0.4, -0.2) is 24.3 Å². The second-order valence-corrected chi connectivity index (χ2v) is 5.88. The van der Waals surface area contributed by atoms with Crippen molar-refractivity contribution in [3.8, 4) is 0 Å². The molecule has 0 spiro atoms. The number of hydrogen-bond acceptors (Lipinski definition) is 4. The van der Waals surface area contributed by atoms with Gasteiger partial charge in [-0.3, -0.25) is 9.59 Å². The van der Waals surface area contributed by atoms with Crippen molar-refractivity contribution in [2.24, 2.45) is 0 Å². The van der Waals surface area contributed by atoms with Gasteiger partial charge in [0.15, 0.2) is 12.4 Å². The number of anilines is 1. The van der Waals surface area contributed by atoms with Gasteiger partial charge in [-0.25, -0.2) is 9.18 Å². The Bertz CT molecular complexity index is 1020. The predicted octanol–water partition coefficient (Wildman–Crippen LogP) is 4.12. The highest BCUT2D eigenvalue weighted by atomic mass is 19.1. The van der Waals surface area contributed by atoms with E-state index in [1.165, 1.54) is 24.3 Å². The third-order valence-electron chi connectivity index (χ3n) is 3.91. The Kier molecular flexibility index (Phi) is 5.91. The van der Waals surface area contributed by atoms with Crippen LogP contribution < -0.4 is 5.32 Å². The maximum absolute atomic E-state index is 13.2. The number of nitrogens with one attached hydrogen (secondary N) is 1. The van der Waals surface area contributed by atoms with Crippen molar-refractivity contribution < 1.29 is 23.5 Å². The van der Waals surface area contributed by atoms with E-state index in [4.69, 9.17) is 4.74 Å². The van der Waals surface area contributed by atoms with Gasteiger partial charge in [0.2, 0.25) is 0 Å². The minimum Gasteiger partial charge on any atom is -0.454 e. The zero-order valence-electron chi connectivity index (χ0n) is 14.7. The molecule has 28 heavy (non-hydrogen) atoms. The van der Waals surface area contributed by atoms with Crippen LogP contribution in [0.25, 0.3) is 0 Å². The summed E-state index contributed by atoms with van der Waals surface area (Å²) in [4.78, 5) is 36.8. The molecule has 1 N–H and O–H groups in total. The molecule has 0 aliphatic rings. The van der Waals surface area contributed by atoms with Crippen molar-refractivity contribution in [1.29, 1.82) is 0 Å². The number of para-hydroxylation sites is 1. The Hall–Kier alpha value is -3.80. The van der Waals surface area contributed by atoms with Gasteiger partial charge in [0.05, 0.1) is 11.3 Å². The van der Waals surface area contributed by atoms with Gasteiger partial charge in [0.1, 0.15) is 5.82 Å². The van der Waals surface area contributed by atoms with Crippen LogP contribution in [0.15, 0.2) is 78.9 Å². The molecule has 0 aromatic heterocycles. The number of carbonyl (C=O) groups excluding carboxylic acids is 3. The van der Waals surface area contributed by atoms with E-state index in [0.717, 1.165) is 6.07 Å². The molecule has 0 unspecified atom stereocenters. The normalized spacial score (nSPS) is 10.2. The van der Waals surface area contributed by atoms with E-state index in [9.17, 15) is 18.8 Å². The fourth-order valence-electron chi connectivity index (χ4n) is 2.51. The van der Waals surface area contributed by atoms with E-state index < -0.39 is 24.2 Å². The van der Waals surface area contributed by atoms with Gasteiger partial charge in [-0.15, -0.1) is 0 Å². The molecule has 0 bridgehead atoms. The van der Waals surface area contributed by atoms with Crippen LogP contribution in [0.3, 0.4) is 0 Å². The molecule has 0 saturated carbocycles. The Morgan fingerprint density at radius 2 is 1.50 bits per heavy atom. The molecule has 0 atom stereocenters. The highest BCUT2D eigenvalue weighted by Gasteiger charge is 2.17. The van der Waals surface area contributed by atoms with Gasteiger partial charge >= 0.3 is 5.97 Å². The van der Waals surface area contributed by atoms with E-state index in [2.05, 4.69) is 5.32 Å². The van der Waals surface area contributed by atoms with Crippen molar-refractivity contribution in [2.75, 3.05) is 11.9 Å². The van der Waals surface area contributed by atoms with Crippen LogP contribution in [0.4, 0.5) is 10.1 Å². The topological polar surface area (TPSA) is 72.5 Å². The quantitative estimate of drug-likeness (QED) is 0.518. The second-order valence-electron chi connectivity index (χ2n) is 5.88. The largest absolute Gasteiger partial charge is 0.454 e. The summed E-state index contributed by atoms with van der Waals surface area (Å²) in [7, 11) is 0. The molecule has 5 nitrogen and oxygen atoms in total. The number of ether oxygens (including phenoxy) is 1. The van der Waals surface area contributed by atoms with Gasteiger partial charge in [-0.2, -0.15) is 0 Å². The van der Waals surface area contributed by atoms with Crippen molar-refractivity contribution in [2.45, 2.75) is 0 Å². The summed E-state index contributed by atoms with van der Waals surface area (Å²) < 4.78 is 18.3. The average Bonchev–Trinajstić information content (AvgIpc) is 2.72. The molecule has 6 heteroatoms. The van der Waals surface area contributed by atoms with E-state index in [1.807, 2.05) is 0 Å². The van der Waals surface area contributed by atoms with Crippen LogP contribution in [-0.2, 0) is 4.74 Å². The number of amides is 1. The number of benzene rings is 3. The highest BCUT2D eigenvalue weighted by molar-refractivity contribution is 6.08. The summed E-state index contributed by atoms with van der Waals surface area (Å²) in [6.45, 7) is -0.538. The average molecular weight is 377 g/mol. The van der Waals surface area contributed by atoms with Crippen LogP contribution in [0.1, 0.15) is 31.1 Å². The SMILES string of the molecule is O=C(COC(=O)c1ccccc1NC(=O)c1ccccc1)c1cccc(F)c1. The first-order valence-corrected chi connectivity index (χ1v) is 8.46. The first-order chi connectivity index (χ1) is 13.5. The van der Waals surface area contributed by atoms with Crippen molar-refractivity contribution in [3.63, 3.8) is 0 Å². The number of hydrogen-bond donors (Lipinski definition) is 1. The Morgan fingerprint density at radius 3 is 2.25 bits per heavy atom. The van der Waals surface area contributed by atoms with E-state index in [1.54, 1.807) is 48.5 Å². The van der Waals surface area contributed by atoms with Crippen LogP contribution >= 0.6 is 0 Å². The van der Waals surface area contributed by atoms with Crippen molar-refractivity contribution >= 4 is 23.3 Å². The number of rotatable bonds is 6. The second kappa shape index (κ2) is 8.73. The molecule has 0 heterocycles. The molecule has 0 fully saturated rings. The fraction of sp³-hybridized carbons (Fsp3) is 0.0455. The molecule has 3 aromatic rings. The summed E-state index contributed by atoms with van der Waals surface area (Å²) in [5, 5.41) is 2.66. The molecule has 0 saturated heterocycles. The zero-order valence-corrected chi connectivity index (χ0v) is 14.7. The maximum Gasteiger partial charge on any atom is 0.340 e. The van der Waals surface area contributed by atoms with Gasteiger partial charge < -0.3 is 10.1 Å². The van der Waals surface area contributed by atoms with Gasteiger partial charge in [0, 0.05) is 11.1 Å². The lowest BCUT2D eigenvalue weighted by molar-refractivity contribution is 0.0475. The number of halogens is 1. The molecule has 0 radical (unpaired) electrons. The van der Waals surface area contributed by atoms with Gasteiger partial charge in [0.25, 0.3) is 5.91 Å². The summed E-state index contributed by atoms with van der Waals surface area (Å²) in [5.41, 5.74) is 0.920.